The minimum absolute atomic E-state index is 0.0629. The van der Waals surface area contributed by atoms with Crippen LogP contribution in [0.15, 0.2) is 36.4 Å². The Bertz CT molecular complexity index is 648. The van der Waals surface area contributed by atoms with E-state index < -0.39 is 12.3 Å². The van der Waals surface area contributed by atoms with E-state index in [1.165, 1.54) is 24.3 Å². The smallest absolute Gasteiger partial charge is 0.429 e. The summed E-state index contributed by atoms with van der Waals surface area (Å²) >= 11 is 0. The third-order valence-electron chi connectivity index (χ3n) is 2.82. The highest BCUT2D eigenvalue weighted by atomic mass is 19.4. The number of anilines is 3. The van der Waals surface area contributed by atoms with Crippen molar-refractivity contribution in [3.8, 4) is 5.75 Å². The molecule has 2 aromatic rings. The molecule has 1 atom stereocenters. The highest BCUT2D eigenvalue weighted by Crippen LogP contribution is 2.40. The molecule has 1 unspecified atom stereocenters. The number of rotatable bonds is 4. The third-order valence-corrected chi connectivity index (χ3v) is 2.82. The van der Waals surface area contributed by atoms with Crippen LogP contribution in [0.3, 0.4) is 0 Å². The number of hydrazine groups is 1. The van der Waals surface area contributed by atoms with Crippen molar-refractivity contribution in [2.24, 2.45) is 5.84 Å². The summed E-state index contributed by atoms with van der Waals surface area (Å²) in [6.45, 7) is 0. The largest absolute Gasteiger partial charge is 0.474 e. The van der Waals surface area contributed by atoms with Crippen molar-refractivity contribution in [2.75, 3.05) is 16.9 Å². The molecule has 6 nitrogen and oxygen atoms in total. The van der Waals surface area contributed by atoms with Crippen LogP contribution >= 0.6 is 0 Å². The molecule has 0 amide bonds. The molecule has 0 fully saturated rings. The zero-order valence-electron chi connectivity index (χ0n) is 11.3. The summed E-state index contributed by atoms with van der Waals surface area (Å²) in [5, 5.41) is 0. The molecule has 0 saturated carbocycles. The Labute approximate surface area is 124 Å². The van der Waals surface area contributed by atoms with E-state index in [1.54, 1.807) is 6.07 Å². The number of hydrogen-bond acceptors (Lipinski definition) is 6. The predicted molar refractivity (Wildman–Crippen MR) is 76.7 cm³/mol. The maximum absolute atomic E-state index is 13.3. The fraction of sp³-hybridized carbons (Fsp3) is 0.154. The molecule has 0 aliphatic heterocycles. The first-order valence-corrected chi connectivity index (χ1v) is 6.14. The molecule has 0 spiro atoms. The topological polar surface area (TPSA) is 112 Å². The summed E-state index contributed by atoms with van der Waals surface area (Å²) in [7, 11) is 0. The molecule has 0 radical (unpaired) electrons. The van der Waals surface area contributed by atoms with Gasteiger partial charge in [-0.05, 0) is 0 Å². The summed E-state index contributed by atoms with van der Waals surface area (Å²) < 4.78 is 44.8. The second-order valence-corrected chi connectivity index (χ2v) is 4.40. The van der Waals surface area contributed by atoms with Crippen molar-refractivity contribution in [3.05, 3.63) is 42.0 Å². The van der Waals surface area contributed by atoms with Gasteiger partial charge in [0.15, 0.2) is 11.6 Å². The van der Waals surface area contributed by atoms with Crippen LogP contribution in [0.4, 0.5) is 30.5 Å². The van der Waals surface area contributed by atoms with Crippen molar-refractivity contribution in [3.63, 3.8) is 0 Å². The Hall–Kier alpha value is -2.68. The molecule has 0 saturated heterocycles. The monoisotopic (exact) mass is 313 g/mol. The molecular weight excluding hydrogens is 299 g/mol. The van der Waals surface area contributed by atoms with Crippen LogP contribution in [0.2, 0.25) is 0 Å². The van der Waals surface area contributed by atoms with Gasteiger partial charge in [0, 0.05) is 11.6 Å². The van der Waals surface area contributed by atoms with Gasteiger partial charge >= 0.3 is 6.18 Å². The van der Waals surface area contributed by atoms with Gasteiger partial charge in [-0.1, -0.05) is 30.3 Å². The van der Waals surface area contributed by atoms with Gasteiger partial charge in [0.25, 0.3) is 0 Å². The number of pyridine rings is 1. The van der Waals surface area contributed by atoms with Crippen LogP contribution in [0.1, 0.15) is 11.7 Å². The first-order valence-electron chi connectivity index (χ1n) is 6.14. The fourth-order valence-corrected chi connectivity index (χ4v) is 1.84. The Morgan fingerprint density at radius 1 is 1.14 bits per heavy atom. The fourth-order valence-electron chi connectivity index (χ4n) is 1.84. The Morgan fingerprint density at radius 3 is 2.32 bits per heavy atom. The number of nitrogen functional groups attached to an aromatic ring is 3. The van der Waals surface area contributed by atoms with Crippen LogP contribution in [-0.4, -0.2) is 11.2 Å². The quantitative estimate of drug-likeness (QED) is 0.508. The summed E-state index contributed by atoms with van der Waals surface area (Å²) in [5.74, 6) is 4.79. The minimum atomic E-state index is -4.64. The summed E-state index contributed by atoms with van der Waals surface area (Å²) in [4.78, 5) is 3.75. The van der Waals surface area contributed by atoms with Crippen LogP contribution in [0.25, 0.3) is 0 Å². The number of halogens is 3. The minimum Gasteiger partial charge on any atom is -0.474 e. The molecule has 22 heavy (non-hydrogen) atoms. The van der Waals surface area contributed by atoms with Crippen molar-refractivity contribution in [2.45, 2.75) is 12.3 Å². The summed E-state index contributed by atoms with van der Waals surface area (Å²) in [6, 6.07) is 8.29. The van der Waals surface area contributed by atoms with Gasteiger partial charge in [0.05, 0.1) is 0 Å². The Balaban J connectivity index is 2.43. The van der Waals surface area contributed by atoms with E-state index in [2.05, 4.69) is 10.4 Å². The number of nitrogens with zero attached hydrogens (tertiary/aromatic N) is 1. The van der Waals surface area contributed by atoms with Crippen LogP contribution in [-0.2, 0) is 0 Å². The highest BCUT2D eigenvalue weighted by Gasteiger charge is 2.43. The standard InChI is InChI=1S/C13H14F3N5O/c14-13(15,16)11(7-4-2-1-3-5-7)22-8-6-9(17)20-12(21-19)10(8)18/h1-6,11H,18-19H2,(H3,17,20,21). The van der Waals surface area contributed by atoms with Crippen LogP contribution in [0.5, 0.6) is 5.75 Å². The van der Waals surface area contributed by atoms with Gasteiger partial charge in [-0.3, -0.25) is 0 Å². The zero-order valence-corrected chi connectivity index (χ0v) is 11.3. The molecule has 9 heteroatoms. The first-order chi connectivity index (χ1) is 10.3. The van der Waals surface area contributed by atoms with Crippen molar-refractivity contribution >= 4 is 17.3 Å². The maximum Gasteiger partial charge on any atom is 0.429 e. The summed E-state index contributed by atoms with van der Waals surface area (Å²) in [5.41, 5.74) is 13.1. The van der Waals surface area contributed by atoms with E-state index in [1.807, 2.05) is 0 Å². The number of benzene rings is 1. The molecular formula is C13H14F3N5O. The van der Waals surface area contributed by atoms with E-state index in [-0.39, 0.29) is 28.6 Å². The van der Waals surface area contributed by atoms with Crippen molar-refractivity contribution < 1.29 is 17.9 Å². The average molecular weight is 313 g/mol. The first kappa shape index (κ1) is 15.7. The average Bonchev–Trinajstić information content (AvgIpc) is 2.47. The van der Waals surface area contributed by atoms with E-state index in [9.17, 15) is 13.2 Å². The van der Waals surface area contributed by atoms with Crippen LogP contribution < -0.4 is 27.5 Å². The second-order valence-electron chi connectivity index (χ2n) is 4.40. The molecule has 0 aliphatic carbocycles. The lowest BCUT2D eigenvalue weighted by molar-refractivity contribution is -0.197. The van der Waals surface area contributed by atoms with Gasteiger partial charge in [-0.15, -0.1) is 0 Å². The SMILES string of the molecule is NNc1nc(N)cc(OC(c2ccccc2)C(F)(F)F)c1N. The number of aromatic nitrogens is 1. The van der Waals surface area contributed by atoms with E-state index in [0.717, 1.165) is 6.07 Å². The Kier molecular flexibility index (Phi) is 4.27. The van der Waals surface area contributed by atoms with E-state index >= 15 is 0 Å². The lowest BCUT2D eigenvalue weighted by Crippen LogP contribution is -2.26. The molecule has 7 N–H and O–H groups in total. The lowest BCUT2D eigenvalue weighted by Gasteiger charge is -2.23. The number of nitrogens with two attached hydrogens (primary N) is 3. The van der Waals surface area contributed by atoms with Gasteiger partial charge in [-0.25, -0.2) is 10.8 Å². The molecule has 1 aromatic heterocycles. The van der Waals surface area contributed by atoms with E-state index in [0.29, 0.717) is 0 Å². The van der Waals surface area contributed by atoms with Gasteiger partial charge in [0.1, 0.15) is 11.5 Å². The highest BCUT2D eigenvalue weighted by molar-refractivity contribution is 5.71. The Morgan fingerprint density at radius 2 is 1.77 bits per heavy atom. The van der Waals surface area contributed by atoms with Crippen molar-refractivity contribution in [1.29, 1.82) is 0 Å². The number of ether oxygens (including phenoxy) is 1. The van der Waals surface area contributed by atoms with Gasteiger partial charge in [0.2, 0.25) is 6.10 Å². The normalized spacial score (nSPS) is 12.7. The van der Waals surface area contributed by atoms with Crippen LogP contribution in [0, 0.1) is 0 Å². The maximum atomic E-state index is 13.3. The van der Waals surface area contributed by atoms with Gasteiger partial charge < -0.3 is 21.6 Å². The summed E-state index contributed by atoms with van der Waals surface area (Å²) in [6.07, 6.45) is -6.83. The third kappa shape index (κ3) is 3.31. The number of alkyl halides is 3. The predicted octanol–water partition coefficient (Wildman–Crippen LogP) is 2.21. The van der Waals surface area contributed by atoms with Crippen molar-refractivity contribution in [1.82, 2.24) is 4.98 Å². The molecule has 118 valence electrons. The molecule has 1 aromatic carbocycles. The zero-order chi connectivity index (χ0) is 16.3. The molecule has 2 rings (SSSR count). The van der Waals surface area contributed by atoms with Gasteiger partial charge in [-0.2, -0.15) is 13.2 Å². The van der Waals surface area contributed by atoms with E-state index in [4.69, 9.17) is 22.0 Å². The lowest BCUT2D eigenvalue weighted by atomic mass is 10.1. The second kappa shape index (κ2) is 5.98. The number of hydrogen-bond donors (Lipinski definition) is 4. The molecule has 1 heterocycles. The number of nitrogens with one attached hydrogen (secondary N) is 1. The molecule has 0 bridgehead atoms. The molecule has 0 aliphatic rings.